The molecule has 0 aromatic heterocycles. The highest BCUT2D eigenvalue weighted by Gasteiger charge is 2.21. The molecule has 7 heteroatoms. The largest absolute Gasteiger partial charge is 0.329 e. The van der Waals surface area contributed by atoms with Gasteiger partial charge in [0.25, 0.3) is 0 Å². The predicted molar refractivity (Wildman–Crippen MR) is 124 cm³/mol. The molecule has 0 bridgehead atoms. The first-order valence-electron chi connectivity index (χ1n) is 10.3. The second-order valence-corrected chi connectivity index (χ2v) is 7.36. The van der Waals surface area contributed by atoms with E-state index in [2.05, 4.69) is 22.3 Å². The van der Waals surface area contributed by atoms with Crippen LogP contribution in [0.3, 0.4) is 0 Å². The average molecular weight is 431 g/mol. The summed E-state index contributed by atoms with van der Waals surface area (Å²) in [6.07, 6.45) is 2.88. The van der Waals surface area contributed by atoms with Crippen LogP contribution in [-0.4, -0.2) is 49.4 Å². The lowest BCUT2D eigenvalue weighted by molar-refractivity contribution is -0.117. The molecule has 1 aliphatic rings. The lowest BCUT2D eigenvalue weighted by Crippen LogP contribution is -2.34. The third kappa shape index (κ3) is 7.13. The minimum Gasteiger partial charge on any atom is -0.329 e. The Bertz CT molecular complexity index is 799. The Labute approximate surface area is 184 Å². The Morgan fingerprint density at radius 1 is 1.03 bits per heavy atom. The van der Waals surface area contributed by atoms with Crippen LogP contribution >= 0.6 is 12.4 Å². The van der Waals surface area contributed by atoms with Crippen molar-refractivity contribution in [3.05, 3.63) is 60.2 Å². The van der Waals surface area contributed by atoms with Gasteiger partial charge in [-0.2, -0.15) is 0 Å². The quantitative estimate of drug-likeness (QED) is 0.607. The van der Waals surface area contributed by atoms with Crippen molar-refractivity contribution in [2.75, 3.05) is 42.9 Å². The zero-order valence-corrected chi connectivity index (χ0v) is 18.1. The first-order valence-corrected chi connectivity index (χ1v) is 10.3. The second-order valence-electron chi connectivity index (χ2n) is 7.36. The number of hydrogen-bond acceptors (Lipinski definition) is 4. The minimum absolute atomic E-state index is 0. The first-order chi connectivity index (χ1) is 14.2. The van der Waals surface area contributed by atoms with Crippen LogP contribution in [0.15, 0.2) is 54.6 Å². The molecule has 1 saturated heterocycles. The van der Waals surface area contributed by atoms with Crippen LogP contribution in [0.4, 0.5) is 11.4 Å². The fourth-order valence-electron chi connectivity index (χ4n) is 3.58. The van der Waals surface area contributed by atoms with Crippen molar-refractivity contribution in [1.29, 1.82) is 0 Å². The molecular weight excluding hydrogens is 400 g/mol. The van der Waals surface area contributed by atoms with E-state index in [1.54, 1.807) is 4.90 Å². The lowest BCUT2D eigenvalue weighted by atomic mass is 10.1. The Kier molecular flexibility index (Phi) is 9.80. The van der Waals surface area contributed by atoms with E-state index in [4.69, 9.17) is 5.73 Å². The number of benzene rings is 2. The van der Waals surface area contributed by atoms with E-state index in [9.17, 15) is 9.59 Å². The van der Waals surface area contributed by atoms with Gasteiger partial charge in [0, 0.05) is 56.9 Å². The summed E-state index contributed by atoms with van der Waals surface area (Å²) in [6, 6.07) is 17.8. The van der Waals surface area contributed by atoms with E-state index < -0.39 is 0 Å². The highest BCUT2D eigenvalue weighted by molar-refractivity contribution is 5.96. The van der Waals surface area contributed by atoms with E-state index in [0.29, 0.717) is 25.9 Å². The van der Waals surface area contributed by atoms with Gasteiger partial charge in [-0.05, 0) is 42.7 Å². The molecule has 0 aliphatic carbocycles. The van der Waals surface area contributed by atoms with Crippen LogP contribution in [0.2, 0.25) is 0 Å². The highest BCUT2D eigenvalue weighted by atomic mass is 35.5. The van der Waals surface area contributed by atoms with Crippen molar-refractivity contribution in [1.82, 2.24) is 4.90 Å². The first kappa shape index (κ1) is 23.9. The van der Waals surface area contributed by atoms with Crippen molar-refractivity contribution >= 4 is 35.6 Å². The molecule has 162 valence electrons. The molecule has 0 spiro atoms. The van der Waals surface area contributed by atoms with Gasteiger partial charge in [0.2, 0.25) is 11.8 Å². The SMILES string of the molecule is Cl.NCCN(CCC(=O)Nc1ccc(N2CCCC2=O)cc1)CCc1ccccc1. The molecule has 2 amide bonds. The number of hydrogen-bond donors (Lipinski definition) is 2. The number of nitrogens with one attached hydrogen (secondary N) is 1. The van der Waals surface area contributed by atoms with Crippen molar-refractivity contribution < 1.29 is 9.59 Å². The zero-order chi connectivity index (χ0) is 20.5. The van der Waals surface area contributed by atoms with Gasteiger partial charge >= 0.3 is 0 Å². The number of carbonyl (C=O) groups is 2. The molecule has 1 heterocycles. The summed E-state index contributed by atoms with van der Waals surface area (Å²) in [5.41, 5.74) is 8.66. The summed E-state index contributed by atoms with van der Waals surface area (Å²) >= 11 is 0. The van der Waals surface area contributed by atoms with Gasteiger partial charge in [-0.25, -0.2) is 0 Å². The Balaban J connectivity index is 0.00000320. The third-order valence-corrected chi connectivity index (χ3v) is 5.20. The summed E-state index contributed by atoms with van der Waals surface area (Å²) in [5, 5.41) is 2.94. The number of nitrogens with zero attached hydrogens (tertiary/aromatic N) is 2. The van der Waals surface area contributed by atoms with Crippen LogP contribution < -0.4 is 16.0 Å². The standard InChI is InChI=1S/C23H30N4O2.ClH/c24-14-18-26(16-12-19-5-2-1-3-6-19)17-13-22(28)25-20-8-10-21(11-9-20)27-15-4-7-23(27)29;/h1-3,5-6,8-11H,4,7,12-18,24H2,(H,25,28);1H. The number of carbonyl (C=O) groups excluding carboxylic acids is 2. The smallest absolute Gasteiger partial charge is 0.227 e. The monoisotopic (exact) mass is 430 g/mol. The zero-order valence-electron chi connectivity index (χ0n) is 17.3. The Hall–Kier alpha value is -2.41. The topological polar surface area (TPSA) is 78.7 Å². The summed E-state index contributed by atoms with van der Waals surface area (Å²) in [6.45, 7) is 3.68. The number of halogens is 1. The molecule has 2 aromatic carbocycles. The Morgan fingerprint density at radius 3 is 2.40 bits per heavy atom. The number of anilines is 2. The summed E-state index contributed by atoms with van der Waals surface area (Å²) < 4.78 is 0. The highest BCUT2D eigenvalue weighted by Crippen LogP contribution is 2.23. The van der Waals surface area contributed by atoms with Crippen LogP contribution in [0.1, 0.15) is 24.8 Å². The Morgan fingerprint density at radius 2 is 1.77 bits per heavy atom. The molecule has 0 radical (unpaired) electrons. The fraction of sp³-hybridized carbons (Fsp3) is 0.391. The van der Waals surface area contributed by atoms with Gasteiger partial charge in [-0.15, -0.1) is 12.4 Å². The normalized spacial score (nSPS) is 13.4. The number of rotatable bonds is 10. The second kappa shape index (κ2) is 12.3. The molecule has 0 unspecified atom stereocenters. The van der Waals surface area contributed by atoms with Crippen LogP contribution in [0.25, 0.3) is 0 Å². The van der Waals surface area contributed by atoms with Gasteiger partial charge in [0.1, 0.15) is 0 Å². The lowest BCUT2D eigenvalue weighted by Gasteiger charge is -2.21. The minimum atomic E-state index is -0.0169. The summed E-state index contributed by atoms with van der Waals surface area (Å²) in [7, 11) is 0. The molecule has 0 atom stereocenters. The van der Waals surface area contributed by atoms with Gasteiger partial charge in [0.15, 0.2) is 0 Å². The van der Waals surface area contributed by atoms with E-state index in [0.717, 1.165) is 43.9 Å². The van der Waals surface area contributed by atoms with Gasteiger partial charge in [-0.3, -0.25) is 9.59 Å². The van der Waals surface area contributed by atoms with Gasteiger partial charge < -0.3 is 20.9 Å². The van der Waals surface area contributed by atoms with Crippen LogP contribution in [-0.2, 0) is 16.0 Å². The van der Waals surface area contributed by atoms with Crippen LogP contribution in [0, 0.1) is 0 Å². The molecule has 3 rings (SSSR count). The average Bonchev–Trinajstić information content (AvgIpc) is 3.17. The van der Waals surface area contributed by atoms with E-state index >= 15 is 0 Å². The van der Waals surface area contributed by atoms with Crippen molar-refractivity contribution in [3.8, 4) is 0 Å². The maximum absolute atomic E-state index is 12.4. The molecule has 30 heavy (non-hydrogen) atoms. The molecule has 6 nitrogen and oxygen atoms in total. The van der Waals surface area contributed by atoms with Crippen molar-refractivity contribution in [2.45, 2.75) is 25.7 Å². The number of nitrogens with two attached hydrogens (primary N) is 1. The third-order valence-electron chi connectivity index (χ3n) is 5.20. The predicted octanol–water partition coefficient (Wildman–Crippen LogP) is 3.07. The van der Waals surface area contributed by atoms with E-state index in [1.807, 2.05) is 42.5 Å². The van der Waals surface area contributed by atoms with Gasteiger partial charge in [-0.1, -0.05) is 30.3 Å². The van der Waals surface area contributed by atoms with Crippen molar-refractivity contribution in [3.63, 3.8) is 0 Å². The maximum atomic E-state index is 12.4. The summed E-state index contributed by atoms with van der Waals surface area (Å²) in [4.78, 5) is 28.2. The van der Waals surface area contributed by atoms with E-state index in [-0.39, 0.29) is 24.2 Å². The fourth-order valence-corrected chi connectivity index (χ4v) is 3.58. The molecule has 3 N–H and O–H groups in total. The molecule has 1 aliphatic heterocycles. The molecular formula is C23H31ClN4O2. The summed E-state index contributed by atoms with van der Waals surface area (Å²) in [5.74, 6) is 0.147. The number of amides is 2. The van der Waals surface area contributed by atoms with Crippen LogP contribution in [0.5, 0.6) is 0 Å². The van der Waals surface area contributed by atoms with E-state index in [1.165, 1.54) is 5.56 Å². The maximum Gasteiger partial charge on any atom is 0.227 e. The molecule has 0 saturated carbocycles. The molecule has 2 aromatic rings. The van der Waals surface area contributed by atoms with Gasteiger partial charge in [0.05, 0.1) is 0 Å². The van der Waals surface area contributed by atoms with Crippen molar-refractivity contribution in [2.24, 2.45) is 5.73 Å². The molecule has 1 fully saturated rings.